The molecule has 0 aromatic carbocycles. The molecule has 0 N–H and O–H groups in total. The summed E-state index contributed by atoms with van der Waals surface area (Å²) < 4.78 is 5.17. The van der Waals surface area contributed by atoms with Gasteiger partial charge in [0, 0.05) is 13.0 Å². The zero-order valence-corrected chi connectivity index (χ0v) is 9.82. The Labute approximate surface area is 95.0 Å². The van der Waals surface area contributed by atoms with Gasteiger partial charge >= 0.3 is 6.09 Å². The van der Waals surface area contributed by atoms with E-state index in [1.807, 2.05) is 6.07 Å². The number of carbonyl (C=O) groups excluding carboxylic acids is 2. The first-order valence-electron chi connectivity index (χ1n) is 5.24. The van der Waals surface area contributed by atoms with Crippen LogP contribution in [0, 0.1) is 11.3 Å². The maximum Gasteiger partial charge on any atom is 0.410 e. The highest BCUT2D eigenvalue weighted by atomic mass is 16.6. The highest BCUT2D eigenvalue weighted by Gasteiger charge is 2.37. The molecule has 88 valence electrons. The van der Waals surface area contributed by atoms with Gasteiger partial charge < -0.3 is 4.74 Å². The average Bonchev–Trinajstić information content (AvgIpc) is 2.46. The largest absolute Gasteiger partial charge is 0.444 e. The summed E-state index contributed by atoms with van der Waals surface area (Å²) in [5.41, 5.74) is -0.583. The van der Waals surface area contributed by atoms with E-state index in [1.165, 1.54) is 4.90 Å². The molecular formula is C11H16N2O3. The van der Waals surface area contributed by atoms with E-state index >= 15 is 0 Å². The van der Waals surface area contributed by atoms with Gasteiger partial charge in [0.15, 0.2) is 5.78 Å². The van der Waals surface area contributed by atoms with Gasteiger partial charge in [-0.15, -0.1) is 0 Å². The van der Waals surface area contributed by atoms with Crippen LogP contribution in [0.2, 0.25) is 0 Å². The number of carbonyl (C=O) groups is 2. The minimum absolute atomic E-state index is 0.0398. The number of rotatable bonds is 1. The van der Waals surface area contributed by atoms with Crippen molar-refractivity contribution < 1.29 is 14.3 Å². The number of nitrogens with zero attached hydrogens (tertiary/aromatic N) is 2. The quantitative estimate of drug-likeness (QED) is 0.676. The summed E-state index contributed by atoms with van der Waals surface area (Å²) in [6.07, 6.45) is -0.164. The lowest BCUT2D eigenvalue weighted by atomic mass is 10.1. The Kier molecular flexibility index (Phi) is 3.53. The second-order valence-corrected chi connectivity index (χ2v) is 4.77. The molecule has 16 heavy (non-hydrogen) atoms. The Morgan fingerprint density at radius 2 is 2.25 bits per heavy atom. The van der Waals surface area contributed by atoms with Crippen LogP contribution in [0.3, 0.4) is 0 Å². The molecule has 1 aliphatic heterocycles. The van der Waals surface area contributed by atoms with E-state index in [0.717, 1.165) is 0 Å². The number of hydrogen-bond acceptors (Lipinski definition) is 4. The summed E-state index contributed by atoms with van der Waals surface area (Å²) in [5.74, 6) is -0.0626. The van der Waals surface area contributed by atoms with Crippen molar-refractivity contribution in [3.05, 3.63) is 0 Å². The molecule has 1 rings (SSSR count). The van der Waals surface area contributed by atoms with Crippen molar-refractivity contribution in [1.29, 1.82) is 5.26 Å². The van der Waals surface area contributed by atoms with E-state index in [1.54, 1.807) is 20.8 Å². The van der Waals surface area contributed by atoms with Gasteiger partial charge in [0.05, 0.1) is 12.5 Å². The zero-order valence-electron chi connectivity index (χ0n) is 9.82. The first kappa shape index (κ1) is 12.5. The second kappa shape index (κ2) is 4.52. The maximum atomic E-state index is 11.7. The molecule has 1 aliphatic rings. The summed E-state index contributed by atoms with van der Waals surface area (Å²) in [5, 5.41) is 8.60. The SMILES string of the molecule is CC(C)(C)OC(=O)N1CCC(=O)C1CC#N. The monoisotopic (exact) mass is 224 g/mol. The molecule has 0 aliphatic carbocycles. The van der Waals surface area contributed by atoms with Gasteiger partial charge in [0.1, 0.15) is 11.6 Å². The topological polar surface area (TPSA) is 70.4 Å². The van der Waals surface area contributed by atoms with Crippen LogP contribution in [0.4, 0.5) is 4.79 Å². The molecule has 0 spiro atoms. The first-order valence-corrected chi connectivity index (χ1v) is 5.24. The fourth-order valence-corrected chi connectivity index (χ4v) is 1.58. The van der Waals surface area contributed by atoms with Gasteiger partial charge in [0.25, 0.3) is 0 Å². The number of amides is 1. The molecule has 1 unspecified atom stereocenters. The first-order chi connectivity index (χ1) is 7.35. The summed E-state index contributed by atoms with van der Waals surface area (Å²) in [6.45, 7) is 5.65. The van der Waals surface area contributed by atoms with Crippen LogP contribution in [-0.2, 0) is 9.53 Å². The predicted molar refractivity (Wildman–Crippen MR) is 56.6 cm³/mol. The highest BCUT2D eigenvalue weighted by molar-refractivity contribution is 5.90. The molecule has 0 bridgehead atoms. The van der Waals surface area contributed by atoms with Gasteiger partial charge in [-0.25, -0.2) is 4.79 Å². The van der Waals surface area contributed by atoms with E-state index in [0.29, 0.717) is 13.0 Å². The van der Waals surface area contributed by atoms with Gasteiger partial charge in [-0.1, -0.05) is 0 Å². The number of ketones is 1. The van der Waals surface area contributed by atoms with Crippen molar-refractivity contribution in [1.82, 2.24) is 4.90 Å². The fraction of sp³-hybridized carbons (Fsp3) is 0.727. The third kappa shape index (κ3) is 2.96. The van der Waals surface area contributed by atoms with Crippen molar-refractivity contribution >= 4 is 11.9 Å². The summed E-state index contributed by atoms with van der Waals surface area (Å²) in [7, 11) is 0. The van der Waals surface area contributed by atoms with Crippen LogP contribution in [0.1, 0.15) is 33.6 Å². The van der Waals surface area contributed by atoms with Crippen molar-refractivity contribution in [2.24, 2.45) is 0 Å². The van der Waals surface area contributed by atoms with Crippen LogP contribution in [0.5, 0.6) is 0 Å². The van der Waals surface area contributed by atoms with Crippen molar-refractivity contribution in [3.63, 3.8) is 0 Å². The number of likely N-dealkylation sites (tertiary alicyclic amines) is 1. The molecule has 1 fully saturated rings. The van der Waals surface area contributed by atoms with E-state index in [2.05, 4.69) is 0 Å². The number of Topliss-reactive ketones (excluding diaryl/α,β-unsaturated/α-hetero) is 1. The molecule has 5 nitrogen and oxygen atoms in total. The Balaban J connectivity index is 2.69. The minimum atomic E-state index is -0.625. The van der Waals surface area contributed by atoms with E-state index in [4.69, 9.17) is 10.00 Å². The Morgan fingerprint density at radius 3 is 2.75 bits per heavy atom. The third-order valence-corrected chi connectivity index (χ3v) is 2.26. The normalized spacial score (nSPS) is 20.8. The molecule has 0 aromatic heterocycles. The predicted octanol–water partition coefficient (Wildman–Crippen LogP) is 1.48. The number of ether oxygens (including phenoxy) is 1. The molecule has 0 saturated carbocycles. The molecule has 0 aromatic rings. The summed E-state index contributed by atoms with van der Waals surface area (Å²) >= 11 is 0. The molecule has 5 heteroatoms. The second-order valence-electron chi connectivity index (χ2n) is 4.77. The molecule has 1 amide bonds. The average molecular weight is 224 g/mol. The standard InChI is InChI=1S/C11H16N2O3/c1-11(2,3)16-10(15)13-7-5-9(14)8(13)4-6-12/h8H,4-5,7H2,1-3H3. The van der Waals surface area contributed by atoms with Crippen LogP contribution in [0.15, 0.2) is 0 Å². The maximum absolute atomic E-state index is 11.7. The van der Waals surface area contributed by atoms with Gasteiger partial charge in [-0.2, -0.15) is 5.26 Å². The van der Waals surface area contributed by atoms with Crippen molar-refractivity contribution in [2.45, 2.75) is 45.3 Å². The Hall–Kier alpha value is -1.57. The minimum Gasteiger partial charge on any atom is -0.444 e. The van der Waals surface area contributed by atoms with Crippen LogP contribution in [0.25, 0.3) is 0 Å². The third-order valence-electron chi connectivity index (χ3n) is 2.26. The molecular weight excluding hydrogens is 208 g/mol. The van der Waals surface area contributed by atoms with E-state index < -0.39 is 17.7 Å². The lowest BCUT2D eigenvalue weighted by Crippen LogP contribution is -2.41. The molecule has 0 radical (unpaired) electrons. The molecule has 1 heterocycles. The van der Waals surface area contributed by atoms with Crippen molar-refractivity contribution in [3.8, 4) is 6.07 Å². The van der Waals surface area contributed by atoms with Gasteiger partial charge in [-0.05, 0) is 20.8 Å². The fourth-order valence-electron chi connectivity index (χ4n) is 1.58. The number of nitriles is 1. The lowest BCUT2D eigenvalue weighted by Gasteiger charge is -2.26. The molecule has 1 atom stereocenters. The zero-order chi connectivity index (χ0) is 12.3. The van der Waals surface area contributed by atoms with E-state index in [-0.39, 0.29) is 12.2 Å². The highest BCUT2D eigenvalue weighted by Crippen LogP contribution is 2.20. The number of hydrogen-bond donors (Lipinski definition) is 0. The van der Waals surface area contributed by atoms with E-state index in [9.17, 15) is 9.59 Å². The smallest absolute Gasteiger partial charge is 0.410 e. The van der Waals surface area contributed by atoms with Crippen LogP contribution in [-0.4, -0.2) is 35.0 Å². The van der Waals surface area contributed by atoms with Gasteiger partial charge in [-0.3, -0.25) is 9.69 Å². The Bertz CT molecular complexity index is 338. The summed E-state index contributed by atoms with van der Waals surface area (Å²) in [4.78, 5) is 24.5. The van der Waals surface area contributed by atoms with Crippen molar-refractivity contribution in [2.75, 3.05) is 6.54 Å². The summed E-state index contributed by atoms with van der Waals surface area (Å²) in [6, 6.07) is 1.29. The lowest BCUT2D eigenvalue weighted by molar-refractivity contribution is -0.119. The Morgan fingerprint density at radius 1 is 1.62 bits per heavy atom. The molecule has 1 saturated heterocycles. The van der Waals surface area contributed by atoms with Crippen LogP contribution < -0.4 is 0 Å². The van der Waals surface area contributed by atoms with Crippen LogP contribution >= 0.6 is 0 Å². The van der Waals surface area contributed by atoms with Gasteiger partial charge in [0.2, 0.25) is 0 Å².